The molecular weight excluding hydrogens is 364 g/mol. The predicted octanol–water partition coefficient (Wildman–Crippen LogP) is 2.78. The molecule has 2 aliphatic heterocycles. The van der Waals surface area contributed by atoms with Crippen molar-refractivity contribution in [2.75, 3.05) is 16.8 Å². The fourth-order valence-electron chi connectivity index (χ4n) is 3.92. The lowest BCUT2D eigenvalue weighted by molar-refractivity contribution is -0.128. The summed E-state index contributed by atoms with van der Waals surface area (Å²) in [5.74, 6) is -0.760. The first-order valence-corrected chi connectivity index (χ1v) is 9.84. The summed E-state index contributed by atoms with van der Waals surface area (Å²) >= 11 is 1.32. The Labute approximate surface area is 161 Å². The van der Waals surface area contributed by atoms with E-state index in [2.05, 4.69) is 10.3 Å². The number of aromatic nitrogens is 1. The van der Waals surface area contributed by atoms with Gasteiger partial charge in [-0.15, -0.1) is 11.3 Å². The third-order valence-corrected chi connectivity index (χ3v) is 5.90. The first-order chi connectivity index (χ1) is 13.0. The van der Waals surface area contributed by atoms with Crippen LogP contribution in [-0.2, 0) is 9.59 Å². The zero-order chi connectivity index (χ0) is 19.2. The third kappa shape index (κ3) is 2.55. The van der Waals surface area contributed by atoms with Gasteiger partial charge in [-0.2, -0.15) is 0 Å². The van der Waals surface area contributed by atoms with E-state index in [1.807, 2.05) is 19.2 Å². The Morgan fingerprint density at radius 3 is 2.81 bits per heavy atom. The van der Waals surface area contributed by atoms with Gasteiger partial charge in [0.15, 0.2) is 5.13 Å². The number of aryl methyl sites for hydroxylation is 1. The molecule has 0 aliphatic carbocycles. The number of carbonyl (C=O) groups excluding carboxylic acids is 3. The standard InChI is InChI=1S/C19H20N4O3S/c1-3-10-22-16(25)13-6-4-5-7-14(13)23-15(24)8-9-19(22,23)17(26)21-18-20-12(2)11-27-18/h4-7,11H,3,8-10H2,1-2H3,(H,20,21,26)/t19-/m0/s1. The molecule has 8 heteroatoms. The van der Waals surface area contributed by atoms with Crippen LogP contribution in [0.5, 0.6) is 0 Å². The number of nitrogens with one attached hydrogen (secondary N) is 1. The minimum absolute atomic E-state index is 0.151. The molecule has 2 aliphatic rings. The molecule has 1 N–H and O–H groups in total. The molecule has 0 saturated carbocycles. The van der Waals surface area contributed by atoms with Crippen molar-refractivity contribution < 1.29 is 14.4 Å². The highest BCUT2D eigenvalue weighted by Crippen LogP contribution is 2.45. The van der Waals surface area contributed by atoms with Gasteiger partial charge in [-0.25, -0.2) is 4.98 Å². The molecule has 2 aromatic rings. The average Bonchev–Trinajstić information content (AvgIpc) is 3.22. The van der Waals surface area contributed by atoms with Gasteiger partial charge in [0.2, 0.25) is 11.6 Å². The van der Waals surface area contributed by atoms with Crippen molar-refractivity contribution in [1.82, 2.24) is 9.88 Å². The number of carbonyl (C=O) groups is 3. The van der Waals surface area contributed by atoms with Crippen LogP contribution in [0.2, 0.25) is 0 Å². The van der Waals surface area contributed by atoms with E-state index in [0.29, 0.717) is 29.3 Å². The fraction of sp³-hybridized carbons (Fsp3) is 0.368. The largest absolute Gasteiger partial charge is 0.307 e. The van der Waals surface area contributed by atoms with E-state index in [4.69, 9.17) is 0 Å². The highest BCUT2D eigenvalue weighted by Gasteiger charge is 2.60. The SMILES string of the molecule is CCCN1C(=O)c2ccccc2N2C(=O)CC[C@]12C(=O)Nc1nc(C)cs1. The minimum Gasteiger partial charge on any atom is -0.307 e. The molecular formula is C19H20N4O3S. The summed E-state index contributed by atoms with van der Waals surface area (Å²) in [7, 11) is 0. The summed E-state index contributed by atoms with van der Waals surface area (Å²) in [5, 5.41) is 5.15. The monoisotopic (exact) mass is 384 g/mol. The Kier molecular flexibility index (Phi) is 4.22. The van der Waals surface area contributed by atoms with Crippen LogP contribution < -0.4 is 10.2 Å². The quantitative estimate of drug-likeness (QED) is 0.879. The second-order valence-electron chi connectivity index (χ2n) is 6.77. The van der Waals surface area contributed by atoms with Crippen LogP contribution in [-0.4, -0.2) is 39.8 Å². The average molecular weight is 384 g/mol. The van der Waals surface area contributed by atoms with Crippen molar-refractivity contribution >= 4 is 39.9 Å². The van der Waals surface area contributed by atoms with Crippen LogP contribution >= 0.6 is 11.3 Å². The molecule has 1 atom stereocenters. The molecule has 4 rings (SSSR count). The molecule has 3 heterocycles. The molecule has 1 saturated heterocycles. The molecule has 27 heavy (non-hydrogen) atoms. The summed E-state index contributed by atoms with van der Waals surface area (Å²) in [6.07, 6.45) is 1.16. The summed E-state index contributed by atoms with van der Waals surface area (Å²) in [6, 6.07) is 6.99. The van der Waals surface area contributed by atoms with Crippen LogP contribution in [0.25, 0.3) is 0 Å². The maximum Gasteiger partial charge on any atom is 0.273 e. The number of nitrogens with zero attached hydrogens (tertiary/aromatic N) is 3. The van der Waals surface area contributed by atoms with Crippen LogP contribution in [0.3, 0.4) is 0 Å². The molecule has 0 unspecified atom stereocenters. The van der Waals surface area contributed by atoms with E-state index >= 15 is 0 Å². The van der Waals surface area contributed by atoms with Crippen molar-refractivity contribution in [2.24, 2.45) is 0 Å². The topological polar surface area (TPSA) is 82.6 Å². The summed E-state index contributed by atoms with van der Waals surface area (Å²) in [6.45, 7) is 4.19. The van der Waals surface area contributed by atoms with E-state index in [-0.39, 0.29) is 30.6 Å². The molecule has 1 fully saturated rings. The van der Waals surface area contributed by atoms with E-state index in [1.54, 1.807) is 29.2 Å². The van der Waals surface area contributed by atoms with E-state index in [0.717, 1.165) is 5.69 Å². The number of anilines is 2. The van der Waals surface area contributed by atoms with Gasteiger partial charge in [-0.1, -0.05) is 19.1 Å². The zero-order valence-electron chi connectivity index (χ0n) is 15.2. The minimum atomic E-state index is -1.35. The molecule has 1 aromatic heterocycles. The number of thiazole rings is 1. The van der Waals surface area contributed by atoms with Gasteiger partial charge in [0.25, 0.3) is 11.8 Å². The fourth-order valence-corrected chi connectivity index (χ4v) is 4.60. The van der Waals surface area contributed by atoms with Crippen LogP contribution in [0.4, 0.5) is 10.8 Å². The molecule has 140 valence electrons. The van der Waals surface area contributed by atoms with E-state index in [1.165, 1.54) is 16.2 Å². The number of hydrogen-bond acceptors (Lipinski definition) is 5. The van der Waals surface area contributed by atoms with Crippen molar-refractivity contribution in [3.05, 3.63) is 40.9 Å². The second kappa shape index (κ2) is 6.45. The first kappa shape index (κ1) is 17.7. The van der Waals surface area contributed by atoms with Crippen molar-refractivity contribution in [1.29, 1.82) is 0 Å². The Morgan fingerprint density at radius 1 is 1.33 bits per heavy atom. The number of para-hydroxylation sites is 1. The lowest BCUT2D eigenvalue weighted by Crippen LogP contribution is -2.69. The number of rotatable bonds is 4. The van der Waals surface area contributed by atoms with Gasteiger partial charge in [0.1, 0.15) is 0 Å². The summed E-state index contributed by atoms with van der Waals surface area (Å²) in [4.78, 5) is 46.8. The highest BCUT2D eigenvalue weighted by atomic mass is 32.1. The molecule has 3 amide bonds. The van der Waals surface area contributed by atoms with Crippen molar-refractivity contribution in [2.45, 2.75) is 38.8 Å². The lowest BCUT2D eigenvalue weighted by atomic mass is 9.95. The van der Waals surface area contributed by atoms with Gasteiger partial charge in [-0.3, -0.25) is 24.6 Å². The Bertz CT molecular complexity index is 941. The molecule has 1 aromatic carbocycles. The summed E-state index contributed by atoms with van der Waals surface area (Å²) in [5.41, 5.74) is 0.415. The number of hydrogen-bond donors (Lipinski definition) is 1. The number of fused-ring (bicyclic) bond motifs is 3. The third-order valence-electron chi connectivity index (χ3n) is 5.02. The number of benzene rings is 1. The highest BCUT2D eigenvalue weighted by molar-refractivity contribution is 7.13. The number of amides is 3. The summed E-state index contributed by atoms with van der Waals surface area (Å²) < 4.78 is 0. The van der Waals surface area contributed by atoms with Crippen molar-refractivity contribution in [3.63, 3.8) is 0 Å². The van der Waals surface area contributed by atoms with E-state index < -0.39 is 5.66 Å². The van der Waals surface area contributed by atoms with Crippen LogP contribution in [0, 0.1) is 6.92 Å². The smallest absolute Gasteiger partial charge is 0.273 e. The zero-order valence-corrected chi connectivity index (χ0v) is 16.0. The van der Waals surface area contributed by atoms with Crippen molar-refractivity contribution in [3.8, 4) is 0 Å². The molecule has 0 spiro atoms. The Balaban J connectivity index is 1.85. The molecule has 7 nitrogen and oxygen atoms in total. The van der Waals surface area contributed by atoms with Crippen LogP contribution in [0.15, 0.2) is 29.6 Å². The molecule has 0 bridgehead atoms. The van der Waals surface area contributed by atoms with Gasteiger partial charge < -0.3 is 4.90 Å². The maximum absolute atomic E-state index is 13.4. The van der Waals surface area contributed by atoms with Gasteiger partial charge in [-0.05, 0) is 25.5 Å². The van der Waals surface area contributed by atoms with Crippen LogP contribution in [0.1, 0.15) is 42.2 Å². The Hall–Kier alpha value is -2.74. The second-order valence-corrected chi connectivity index (χ2v) is 7.63. The van der Waals surface area contributed by atoms with E-state index in [9.17, 15) is 14.4 Å². The normalized spacial score (nSPS) is 21.3. The lowest BCUT2D eigenvalue weighted by Gasteiger charge is -2.49. The van der Waals surface area contributed by atoms with Gasteiger partial charge in [0, 0.05) is 24.8 Å². The Morgan fingerprint density at radius 2 is 2.11 bits per heavy atom. The van der Waals surface area contributed by atoms with Gasteiger partial charge >= 0.3 is 0 Å². The molecule has 0 radical (unpaired) electrons. The first-order valence-electron chi connectivity index (χ1n) is 8.96. The predicted molar refractivity (Wildman–Crippen MR) is 103 cm³/mol. The van der Waals surface area contributed by atoms with Gasteiger partial charge in [0.05, 0.1) is 16.9 Å². The maximum atomic E-state index is 13.4.